The van der Waals surface area contributed by atoms with E-state index in [-0.39, 0.29) is 11.7 Å². The Balaban J connectivity index is 1.69. The molecule has 1 aliphatic rings. The number of methoxy groups -OCH3 is 1. The van der Waals surface area contributed by atoms with E-state index in [2.05, 4.69) is 42.4 Å². The predicted octanol–water partition coefficient (Wildman–Crippen LogP) is 4.51. The standard InChI is InChI=1S/C23H32FN3O2/c1-15(2)20-12-17(16(3)11-18(20)14-25-9-10-28-4)13-22-26-27-23(29-22)19-7-5-6-8-21(19)24/h5-8,11,15,17-18,20,25H,9-10,12-14H2,1-4H3/t17-,18-,20-/m0/s1. The van der Waals surface area contributed by atoms with Gasteiger partial charge in [-0.3, -0.25) is 0 Å². The van der Waals surface area contributed by atoms with E-state index in [1.54, 1.807) is 25.3 Å². The molecule has 0 spiro atoms. The summed E-state index contributed by atoms with van der Waals surface area (Å²) in [6.45, 7) is 9.34. The lowest BCUT2D eigenvalue weighted by Gasteiger charge is -2.37. The number of hydrogen-bond acceptors (Lipinski definition) is 5. The van der Waals surface area contributed by atoms with Crippen molar-refractivity contribution in [3.05, 3.63) is 47.6 Å². The van der Waals surface area contributed by atoms with Gasteiger partial charge in [0.1, 0.15) is 5.82 Å². The Morgan fingerprint density at radius 3 is 2.79 bits per heavy atom. The van der Waals surface area contributed by atoms with Crippen molar-refractivity contribution in [2.24, 2.45) is 23.7 Å². The molecule has 0 unspecified atom stereocenters. The fraction of sp³-hybridized carbons (Fsp3) is 0.565. The molecule has 5 nitrogen and oxygen atoms in total. The zero-order valence-corrected chi connectivity index (χ0v) is 17.8. The van der Waals surface area contributed by atoms with Crippen molar-refractivity contribution >= 4 is 0 Å². The van der Waals surface area contributed by atoms with Crippen LogP contribution in [0.4, 0.5) is 4.39 Å². The minimum absolute atomic E-state index is 0.246. The van der Waals surface area contributed by atoms with Crippen molar-refractivity contribution < 1.29 is 13.5 Å². The van der Waals surface area contributed by atoms with Gasteiger partial charge in [-0.15, -0.1) is 10.2 Å². The van der Waals surface area contributed by atoms with Gasteiger partial charge in [-0.2, -0.15) is 0 Å². The highest BCUT2D eigenvalue weighted by atomic mass is 19.1. The first-order valence-corrected chi connectivity index (χ1v) is 10.4. The number of ether oxygens (including phenoxy) is 1. The first-order valence-electron chi connectivity index (χ1n) is 10.4. The molecule has 1 aliphatic carbocycles. The van der Waals surface area contributed by atoms with E-state index in [1.807, 2.05) is 0 Å². The Labute approximate surface area is 172 Å². The second kappa shape index (κ2) is 10.1. The highest BCUT2D eigenvalue weighted by molar-refractivity contribution is 5.53. The molecule has 0 amide bonds. The monoisotopic (exact) mass is 401 g/mol. The first kappa shape index (κ1) is 21.7. The minimum atomic E-state index is -0.347. The van der Waals surface area contributed by atoms with Gasteiger partial charge in [0.15, 0.2) is 0 Å². The number of halogens is 1. The molecule has 0 bridgehead atoms. The van der Waals surface area contributed by atoms with Gasteiger partial charge >= 0.3 is 0 Å². The van der Waals surface area contributed by atoms with Crippen molar-refractivity contribution in [1.82, 2.24) is 15.5 Å². The highest BCUT2D eigenvalue weighted by Gasteiger charge is 2.32. The van der Waals surface area contributed by atoms with Crippen LogP contribution < -0.4 is 5.32 Å². The minimum Gasteiger partial charge on any atom is -0.421 e. The molecule has 3 rings (SSSR count). The number of nitrogens with one attached hydrogen (secondary N) is 1. The van der Waals surface area contributed by atoms with Gasteiger partial charge in [0.2, 0.25) is 5.89 Å². The maximum Gasteiger partial charge on any atom is 0.250 e. The van der Waals surface area contributed by atoms with Crippen LogP contribution in [-0.4, -0.2) is 37.0 Å². The van der Waals surface area contributed by atoms with E-state index >= 15 is 0 Å². The topological polar surface area (TPSA) is 60.2 Å². The van der Waals surface area contributed by atoms with Crippen molar-refractivity contribution in [1.29, 1.82) is 0 Å². The zero-order chi connectivity index (χ0) is 20.8. The summed E-state index contributed by atoms with van der Waals surface area (Å²) in [5, 5.41) is 11.8. The summed E-state index contributed by atoms with van der Waals surface area (Å²) < 4.78 is 24.9. The second-order valence-corrected chi connectivity index (χ2v) is 8.30. The Morgan fingerprint density at radius 1 is 1.28 bits per heavy atom. The lowest BCUT2D eigenvalue weighted by atomic mass is 9.70. The number of nitrogens with zero attached hydrogens (tertiary/aromatic N) is 2. The van der Waals surface area contributed by atoms with Crippen LogP contribution in [0.3, 0.4) is 0 Å². The average molecular weight is 402 g/mol. The molecule has 1 aromatic heterocycles. The van der Waals surface area contributed by atoms with Crippen LogP contribution >= 0.6 is 0 Å². The van der Waals surface area contributed by atoms with E-state index < -0.39 is 0 Å². The number of aromatic nitrogens is 2. The fourth-order valence-corrected chi connectivity index (χ4v) is 4.24. The Kier molecular flexibility index (Phi) is 7.56. The Bertz CT molecular complexity index is 818. The van der Waals surface area contributed by atoms with Crippen LogP contribution in [-0.2, 0) is 11.2 Å². The third-order valence-electron chi connectivity index (χ3n) is 5.94. The number of allylic oxidation sites excluding steroid dienone is 1. The van der Waals surface area contributed by atoms with Crippen LogP contribution in [0, 0.1) is 29.5 Å². The molecule has 0 saturated carbocycles. The van der Waals surface area contributed by atoms with Gasteiger partial charge < -0.3 is 14.5 Å². The molecule has 0 fully saturated rings. The normalized spacial score (nSPS) is 22.1. The van der Waals surface area contributed by atoms with E-state index in [9.17, 15) is 4.39 Å². The van der Waals surface area contributed by atoms with Crippen molar-refractivity contribution in [3.8, 4) is 11.5 Å². The number of benzene rings is 1. The van der Waals surface area contributed by atoms with Crippen LogP contribution in [0.2, 0.25) is 0 Å². The molecule has 1 heterocycles. The Morgan fingerprint density at radius 2 is 2.07 bits per heavy atom. The predicted molar refractivity (Wildman–Crippen MR) is 112 cm³/mol. The maximum atomic E-state index is 14.0. The summed E-state index contributed by atoms with van der Waals surface area (Å²) in [5.41, 5.74) is 1.72. The van der Waals surface area contributed by atoms with Crippen molar-refractivity contribution in [2.75, 3.05) is 26.8 Å². The smallest absolute Gasteiger partial charge is 0.250 e. The molecule has 0 aliphatic heterocycles. The quantitative estimate of drug-likeness (QED) is 0.495. The Hall–Kier alpha value is -2.05. The molecular weight excluding hydrogens is 369 g/mol. The number of hydrogen-bond donors (Lipinski definition) is 1. The molecule has 1 aromatic carbocycles. The summed E-state index contributed by atoms with van der Waals surface area (Å²) in [6.07, 6.45) is 4.19. The van der Waals surface area contributed by atoms with Gasteiger partial charge in [-0.25, -0.2) is 4.39 Å². The van der Waals surface area contributed by atoms with Crippen LogP contribution in [0.5, 0.6) is 0 Å². The molecule has 0 saturated heterocycles. The molecule has 0 radical (unpaired) electrons. The van der Waals surface area contributed by atoms with E-state index in [1.165, 1.54) is 11.6 Å². The summed E-state index contributed by atoms with van der Waals surface area (Å²) in [7, 11) is 1.73. The SMILES string of the molecule is COCCNC[C@@H]1C=C(C)[C@H](Cc2nnc(-c3ccccc3F)o2)C[C@H]1C(C)C. The van der Waals surface area contributed by atoms with E-state index in [0.717, 1.165) is 26.1 Å². The molecule has 2 aromatic rings. The fourth-order valence-electron chi connectivity index (χ4n) is 4.24. The second-order valence-electron chi connectivity index (χ2n) is 8.30. The number of rotatable bonds is 9. The van der Waals surface area contributed by atoms with Crippen molar-refractivity contribution in [3.63, 3.8) is 0 Å². The zero-order valence-electron chi connectivity index (χ0n) is 17.8. The lowest BCUT2D eigenvalue weighted by Crippen LogP contribution is -2.35. The van der Waals surface area contributed by atoms with Gasteiger partial charge in [0.25, 0.3) is 5.89 Å². The molecule has 1 N–H and O–H groups in total. The van der Waals surface area contributed by atoms with E-state index in [4.69, 9.17) is 9.15 Å². The molecule has 3 atom stereocenters. The summed E-state index contributed by atoms with van der Waals surface area (Å²) >= 11 is 0. The van der Waals surface area contributed by atoms with E-state index in [0.29, 0.717) is 41.5 Å². The highest BCUT2D eigenvalue weighted by Crippen LogP contribution is 2.38. The van der Waals surface area contributed by atoms with Crippen LogP contribution in [0.1, 0.15) is 33.1 Å². The summed E-state index contributed by atoms with van der Waals surface area (Å²) in [5.74, 6) is 2.53. The average Bonchev–Trinajstić information content (AvgIpc) is 3.15. The molecular formula is C23H32FN3O2. The summed E-state index contributed by atoms with van der Waals surface area (Å²) in [4.78, 5) is 0. The van der Waals surface area contributed by atoms with Gasteiger partial charge in [-0.05, 0) is 49.1 Å². The van der Waals surface area contributed by atoms with Crippen LogP contribution in [0.25, 0.3) is 11.5 Å². The van der Waals surface area contributed by atoms with Gasteiger partial charge in [0, 0.05) is 26.6 Å². The molecule has 29 heavy (non-hydrogen) atoms. The first-order chi connectivity index (χ1) is 14.0. The summed E-state index contributed by atoms with van der Waals surface area (Å²) in [6, 6.07) is 6.49. The van der Waals surface area contributed by atoms with Crippen LogP contribution in [0.15, 0.2) is 40.3 Å². The third kappa shape index (κ3) is 5.52. The van der Waals surface area contributed by atoms with Gasteiger partial charge in [-0.1, -0.05) is 37.6 Å². The molecule has 6 heteroatoms. The third-order valence-corrected chi connectivity index (χ3v) is 5.94. The maximum absolute atomic E-state index is 14.0. The molecule has 158 valence electrons. The lowest BCUT2D eigenvalue weighted by molar-refractivity contribution is 0.188. The largest absolute Gasteiger partial charge is 0.421 e. The van der Waals surface area contributed by atoms with Gasteiger partial charge in [0.05, 0.1) is 12.2 Å². The van der Waals surface area contributed by atoms with Crippen molar-refractivity contribution in [2.45, 2.75) is 33.6 Å².